The van der Waals surface area contributed by atoms with Crippen molar-refractivity contribution in [2.75, 3.05) is 11.9 Å². The van der Waals surface area contributed by atoms with Crippen LogP contribution in [0.25, 0.3) is 0 Å². The highest BCUT2D eigenvalue weighted by Crippen LogP contribution is 2.25. The van der Waals surface area contributed by atoms with E-state index in [9.17, 15) is 4.79 Å². The maximum absolute atomic E-state index is 10.6. The molecule has 5 heteroatoms. The van der Waals surface area contributed by atoms with Gasteiger partial charge in [0.15, 0.2) is 6.29 Å². The Morgan fingerprint density at radius 2 is 2.19 bits per heavy atom. The van der Waals surface area contributed by atoms with Gasteiger partial charge in [0, 0.05) is 24.7 Å². The molecule has 2 heterocycles. The summed E-state index contributed by atoms with van der Waals surface area (Å²) in [6, 6.07) is 4.03. The van der Waals surface area contributed by atoms with Gasteiger partial charge in [-0.3, -0.25) is 4.79 Å². The molecule has 0 saturated heterocycles. The van der Waals surface area contributed by atoms with Crippen LogP contribution in [0, 0.1) is 0 Å². The van der Waals surface area contributed by atoms with E-state index >= 15 is 0 Å². The summed E-state index contributed by atoms with van der Waals surface area (Å²) < 4.78 is 1.15. The molecule has 0 aliphatic rings. The Bertz CT molecular complexity index is 492. The van der Waals surface area contributed by atoms with Crippen molar-refractivity contribution in [1.29, 1.82) is 0 Å². The van der Waals surface area contributed by atoms with E-state index in [2.05, 4.69) is 32.3 Å². The van der Waals surface area contributed by atoms with Crippen LogP contribution < -0.4 is 4.90 Å². The van der Waals surface area contributed by atoms with Gasteiger partial charge in [0.1, 0.15) is 0 Å². The van der Waals surface area contributed by atoms with Crippen molar-refractivity contribution in [2.24, 2.45) is 0 Å². The molecule has 0 bridgehead atoms. The number of halogens is 1. The summed E-state index contributed by atoms with van der Waals surface area (Å²) in [7, 11) is 2.03. The topological polar surface area (TPSA) is 20.3 Å². The predicted molar refractivity (Wildman–Crippen MR) is 73.8 cm³/mol. The molecule has 0 aromatic carbocycles. The third kappa shape index (κ3) is 2.72. The Kier molecular flexibility index (Phi) is 3.78. The Balaban J connectivity index is 2.07. The number of nitrogens with zero attached hydrogens (tertiary/aromatic N) is 1. The second-order valence-corrected chi connectivity index (χ2v) is 6.67. The van der Waals surface area contributed by atoms with Crippen LogP contribution in [0.4, 0.5) is 5.69 Å². The molecule has 2 nitrogen and oxygen atoms in total. The molecule has 84 valence electrons. The summed E-state index contributed by atoms with van der Waals surface area (Å²) in [5.74, 6) is 0. The van der Waals surface area contributed by atoms with E-state index in [0.717, 1.165) is 27.2 Å². The molecule has 0 aliphatic carbocycles. The van der Waals surface area contributed by atoms with Gasteiger partial charge < -0.3 is 4.90 Å². The van der Waals surface area contributed by atoms with Gasteiger partial charge in [0.25, 0.3) is 0 Å². The van der Waals surface area contributed by atoms with Crippen molar-refractivity contribution in [2.45, 2.75) is 6.54 Å². The standard InChI is InChI=1S/C11H10BrNOS2/c1-13(4-8-2-11(12)16-6-8)9-3-10(5-14)15-7-9/h2-3,5-7H,4H2,1H3. The molecule has 2 rings (SSSR count). The van der Waals surface area contributed by atoms with E-state index in [0.29, 0.717) is 0 Å². The quantitative estimate of drug-likeness (QED) is 0.794. The first kappa shape index (κ1) is 11.8. The highest BCUT2D eigenvalue weighted by atomic mass is 79.9. The Hall–Kier alpha value is -0.650. The van der Waals surface area contributed by atoms with Crippen LogP contribution in [0.2, 0.25) is 0 Å². The van der Waals surface area contributed by atoms with E-state index in [1.165, 1.54) is 16.9 Å². The third-order valence-electron chi connectivity index (χ3n) is 2.20. The number of thiophene rings is 2. The molecule has 0 aliphatic heterocycles. The van der Waals surface area contributed by atoms with Crippen molar-refractivity contribution < 1.29 is 4.79 Å². The molecule has 2 aromatic rings. The van der Waals surface area contributed by atoms with Crippen LogP contribution in [0.3, 0.4) is 0 Å². The molecule has 0 amide bonds. The van der Waals surface area contributed by atoms with Crippen LogP contribution >= 0.6 is 38.6 Å². The van der Waals surface area contributed by atoms with E-state index in [1.54, 1.807) is 11.3 Å². The first-order chi connectivity index (χ1) is 7.69. The Morgan fingerprint density at radius 3 is 2.75 bits per heavy atom. The molecule has 0 spiro atoms. The monoisotopic (exact) mass is 315 g/mol. The second-order valence-electron chi connectivity index (χ2n) is 3.44. The average molecular weight is 316 g/mol. The zero-order chi connectivity index (χ0) is 11.5. The van der Waals surface area contributed by atoms with E-state index in [4.69, 9.17) is 0 Å². The van der Waals surface area contributed by atoms with Crippen LogP contribution in [-0.4, -0.2) is 13.3 Å². The summed E-state index contributed by atoms with van der Waals surface area (Å²) in [5.41, 5.74) is 2.37. The molecular formula is C11H10BrNOS2. The van der Waals surface area contributed by atoms with Gasteiger partial charge in [0.05, 0.1) is 8.66 Å². The fourth-order valence-electron chi connectivity index (χ4n) is 1.40. The summed E-state index contributed by atoms with van der Waals surface area (Å²) in [6.45, 7) is 0.858. The number of hydrogen-bond donors (Lipinski definition) is 0. The van der Waals surface area contributed by atoms with Gasteiger partial charge >= 0.3 is 0 Å². The Labute approximate surface area is 111 Å². The van der Waals surface area contributed by atoms with Crippen molar-refractivity contribution >= 4 is 50.6 Å². The second kappa shape index (κ2) is 5.12. The lowest BCUT2D eigenvalue weighted by atomic mass is 10.3. The Morgan fingerprint density at radius 1 is 1.38 bits per heavy atom. The lowest BCUT2D eigenvalue weighted by Gasteiger charge is -2.16. The first-order valence-electron chi connectivity index (χ1n) is 4.67. The number of rotatable bonds is 4. The largest absolute Gasteiger partial charge is 0.370 e. The molecule has 16 heavy (non-hydrogen) atoms. The number of hydrogen-bond acceptors (Lipinski definition) is 4. The lowest BCUT2D eigenvalue weighted by Crippen LogP contribution is -2.14. The lowest BCUT2D eigenvalue weighted by molar-refractivity contribution is 0.112. The third-order valence-corrected chi connectivity index (χ3v) is 4.60. The zero-order valence-electron chi connectivity index (χ0n) is 8.64. The summed E-state index contributed by atoms with van der Waals surface area (Å²) in [4.78, 5) is 13.5. The average Bonchev–Trinajstić information content (AvgIpc) is 2.87. The smallest absolute Gasteiger partial charge is 0.160 e. The van der Waals surface area contributed by atoms with Gasteiger partial charge in [-0.1, -0.05) is 0 Å². The van der Waals surface area contributed by atoms with Crippen molar-refractivity contribution in [3.63, 3.8) is 0 Å². The number of carbonyl (C=O) groups excluding carboxylic acids is 1. The van der Waals surface area contributed by atoms with Gasteiger partial charge in [-0.15, -0.1) is 22.7 Å². The van der Waals surface area contributed by atoms with Crippen molar-refractivity contribution in [1.82, 2.24) is 0 Å². The number of anilines is 1. The van der Waals surface area contributed by atoms with Gasteiger partial charge in [-0.2, -0.15) is 0 Å². The fraction of sp³-hybridized carbons (Fsp3) is 0.182. The van der Waals surface area contributed by atoms with Crippen LogP contribution in [0.1, 0.15) is 15.2 Å². The highest BCUT2D eigenvalue weighted by molar-refractivity contribution is 9.11. The first-order valence-corrected chi connectivity index (χ1v) is 7.22. The minimum absolute atomic E-state index is 0.772. The fourth-order valence-corrected chi connectivity index (χ4v) is 3.35. The van der Waals surface area contributed by atoms with Gasteiger partial charge in [-0.25, -0.2) is 0 Å². The summed E-state index contributed by atoms with van der Waals surface area (Å²) in [6.07, 6.45) is 0.892. The van der Waals surface area contributed by atoms with Crippen LogP contribution in [-0.2, 0) is 6.54 Å². The molecule has 2 aromatic heterocycles. The molecule has 0 saturated carbocycles. The minimum atomic E-state index is 0.772. The zero-order valence-corrected chi connectivity index (χ0v) is 11.9. The minimum Gasteiger partial charge on any atom is -0.370 e. The molecular weight excluding hydrogens is 306 g/mol. The van der Waals surface area contributed by atoms with Crippen molar-refractivity contribution in [3.8, 4) is 0 Å². The summed E-state index contributed by atoms with van der Waals surface area (Å²) in [5, 5.41) is 4.14. The number of carbonyl (C=O) groups is 1. The molecule has 0 radical (unpaired) electrons. The summed E-state index contributed by atoms with van der Waals surface area (Å²) >= 11 is 6.61. The molecule has 0 unspecified atom stereocenters. The molecule has 0 atom stereocenters. The van der Waals surface area contributed by atoms with Gasteiger partial charge in [0.2, 0.25) is 0 Å². The predicted octanol–water partition coefficient (Wildman–Crippen LogP) is 4.02. The highest BCUT2D eigenvalue weighted by Gasteiger charge is 2.06. The normalized spacial score (nSPS) is 10.4. The maximum atomic E-state index is 10.6. The van der Waals surface area contributed by atoms with E-state index in [-0.39, 0.29) is 0 Å². The van der Waals surface area contributed by atoms with E-state index < -0.39 is 0 Å². The van der Waals surface area contributed by atoms with Gasteiger partial charge in [-0.05, 0) is 39.0 Å². The SMILES string of the molecule is CN(Cc1csc(Br)c1)c1csc(C=O)c1. The van der Waals surface area contributed by atoms with Crippen LogP contribution in [0.15, 0.2) is 26.7 Å². The molecule has 0 N–H and O–H groups in total. The maximum Gasteiger partial charge on any atom is 0.160 e. The number of aldehydes is 1. The van der Waals surface area contributed by atoms with E-state index in [1.807, 2.05) is 18.5 Å². The van der Waals surface area contributed by atoms with Crippen molar-refractivity contribution in [3.05, 3.63) is 37.1 Å². The van der Waals surface area contributed by atoms with Crippen LogP contribution in [0.5, 0.6) is 0 Å². The molecule has 0 fully saturated rings.